The van der Waals surface area contributed by atoms with Crippen molar-refractivity contribution >= 4 is 17.4 Å². The van der Waals surface area contributed by atoms with Crippen molar-refractivity contribution in [1.82, 2.24) is 4.98 Å². The van der Waals surface area contributed by atoms with Gasteiger partial charge in [0.25, 0.3) is 0 Å². The Balaban J connectivity index is 1.98. The Morgan fingerprint density at radius 1 is 1.28 bits per heavy atom. The lowest BCUT2D eigenvalue weighted by Gasteiger charge is -2.31. The Morgan fingerprint density at radius 3 is 2.72 bits per heavy atom. The zero-order valence-electron chi connectivity index (χ0n) is 9.67. The molecule has 1 saturated carbocycles. The highest BCUT2D eigenvalue weighted by atomic mass is 35.5. The van der Waals surface area contributed by atoms with Crippen LogP contribution in [0.5, 0.6) is 0 Å². The van der Waals surface area contributed by atoms with Crippen LogP contribution in [0.2, 0.25) is 5.15 Å². The van der Waals surface area contributed by atoms with Crippen LogP contribution in [-0.2, 0) is 0 Å². The molecule has 0 amide bonds. The maximum atomic E-state index is 12.7. The first-order chi connectivity index (χ1) is 8.45. The van der Waals surface area contributed by atoms with E-state index < -0.39 is 12.1 Å². The first-order valence-corrected chi connectivity index (χ1v) is 6.29. The number of nitrogens with one attached hydrogen (secondary N) is 1. The summed E-state index contributed by atoms with van der Waals surface area (Å²) in [6, 6.07) is 4.88. The highest BCUT2D eigenvalue weighted by molar-refractivity contribution is 6.29. The summed E-state index contributed by atoms with van der Waals surface area (Å²) in [5, 5.41) is 3.36. The fourth-order valence-electron chi connectivity index (χ4n) is 2.32. The van der Waals surface area contributed by atoms with Gasteiger partial charge in [0.05, 0.1) is 5.92 Å². The second-order valence-electron chi connectivity index (χ2n) is 4.59. The molecule has 6 heteroatoms. The Labute approximate surface area is 109 Å². The molecule has 0 bridgehead atoms. The van der Waals surface area contributed by atoms with E-state index in [0.29, 0.717) is 17.4 Å². The van der Waals surface area contributed by atoms with Gasteiger partial charge < -0.3 is 5.32 Å². The van der Waals surface area contributed by atoms with E-state index in [9.17, 15) is 13.2 Å². The van der Waals surface area contributed by atoms with Crippen LogP contribution in [0.25, 0.3) is 0 Å². The average molecular weight is 279 g/mol. The number of rotatable bonds is 2. The van der Waals surface area contributed by atoms with Gasteiger partial charge >= 0.3 is 6.18 Å². The SMILES string of the molecule is FC(F)(F)C1CCCC(Nc2cccc(Cl)n2)C1. The molecule has 1 N–H and O–H groups in total. The third-order valence-electron chi connectivity index (χ3n) is 3.20. The molecule has 2 nitrogen and oxygen atoms in total. The van der Waals surface area contributed by atoms with Crippen molar-refractivity contribution in [3.05, 3.63) is 23.4 Å². The number of hydrogen-bond donors (Lipinski definition) is 1. The van der Waals surface area contributed by atoms with Crippen LogP contribution in [-0.4, -0.2) is 17.2 Å². The van der Waals surface area contributed by atoms with Crippen molar-refractivity contribution in [1.29, 1.82) is 0 Å². The van der Waals surface area contributed by atoms with Gasteiger partial charge in [-0.25, -0.2) is 4.98 Å². The molecular formula is C12H14ClF3N2. The molecule has 2 unspecified atom stereocenters. The third-order valence-corrected chi connectivity index (χ3v) is 3.41. The van der Waals surface area contributed by atoms with E-state index in [1.165, 1.54) is 0 Å². The van der Waals surface area contributed by atoms with Gasteiger partial charge in [0.2, 0.25) is 0 Å². The summed E-state index contributed by atoms with van der Waals surface area (Å²) in [5.74, 6) is -0.668. The molecule has 1 heterocycles. The number of anilines is 1. The molecule has 1 fully saturated rings. The van der Waals surface area contributed by atoms with Gasteiger partial charge in [0.1, 0.15) is 11.0 Å². The zero-order chi connectivity index (χ0) is 13.2. The molecule has 0 radical (unpaired) electrons. The van der Waals surface area contributed by atoms with Gasteiger partial charge in [0, 0.05) is 6.04 Å². The van der Waals surface area contributed by atoms with Gasteiger partial charge in [-0.05, 0) is 31.4 Å². The van der Waals surface area contributed by atoms with Gasteiger partial charge in [-0.15, -0.1) is 0 Å². The largest absolute Gasteiger partial charge is 0.391 e. The molecule has 2 atom stereocenters. The highest BCUT2D eigenvalue weighted by Gasteiger charge is 2.42. The van der Waals surface area contributed by atoms with Crippen molar-refractivity contribution in [3.8, 4) is 0 Å². The molecule has 1 aliphatic carbocycles. The molecule has 1 aromatic rings. The Morgan fingerprint density at radius 2 is 2.06 bits per heavy atom. The van der Waals surface area contributed by atoms with E-state index >= 15 is 0 Å². The van der Waals surface area contributed by atoms with Crippen LogP contribution in [0, 0.1) is 5.92 Å². The zero-order valence-corrected chi connectivity index (χ0v) is 10.4. The maximum absolute atomic E-state index is 12.7. The Kier molecular flexibility index (Phi) is 4.00. The van der Waals surface area contributed by atoms with Crippen LogP contribution in [0.15, 0.2) is 18.2 Å². The molecule has 100 valence electrons. The Hall–Kier alpha value is -0.970. The quantitative estimate of drug-likeness (QED) is 0.817. The van der Waals surface area contributed by atoms with E-state index in [-0.39, 0.29) is 18.9 Å². The second kappa shape index (κ2) is 5.34. The fourth-order valence-corrected chi connectivity index (χ4v) is 2.48. The Bertz CT molecular complexity index is 409. The van der Waals surface area contributed by atoms with E-state index in [1.54, 1.807) is 18.2 Å². The number of hydrogen-bond acceptors (Lipinski definition) is 2. The van der Waals surface area contributed by atoms with Gasteiger partial charge in [-0.1, -0.05) is 24.1 Å². The predicted octanol–water partition coefficient (Wildman–Crippen LogP) is 4.27. The molecule has 18 heavy (non-hydrogen) atoms. The molecule has 0 aliphatic heterocycles. The van der Waals surface area contributed by atoms with Crippen molar-refractivity contribution in [3.63, 3.8) is 0 Å². The number of nitrogens with zero attached hydrogens (tertiary/aromatic N) is 1. The van der Waals surface area contributed by atoms with E-state index in [2.05, 4.69) is 10.3 Å². The first kappa shape index (κ1) is 13.5. The molecular weight excluding hydrogens is 265 g/mol. The van der Waals surface area contributed by atoms with Crippen molar-refractivity contribution in [2.45, 2.75) is 37.9 Å². The standard InChI is InChI=1S/C12H14ClF3N2/c13-10-5-2-6-11(18-10)17-9-4-1-3-8(7-9)12(14,15)16/h2,5-6,8-9H,1,3-4,7H2,(H,17,18). The van der Waals surface area contributed by atoms with Crippen molar-refractivity contribution < 1.29 is 13.2 Å². The van der Waals surface area contributed by atoms with Gasteiger partial charge in [-0.2, -0.15) is 13.2 Å². The molecule has 2 rings (SSSR count). The number of halogens is 4. The first-order valence-electron chi connectivity index (χ1n) is 5.91. The van der Waals surface area contributed by atoms with Crippen LogP contribution < -0.4 is 5.32 Å². The topological polar surface area (TPSA) is 24.9 Å². The van der Waals surface area contributed by atoms with Crippen LogP contribution in [0.1, 0.15) is 25.7 Å². The molecule has 1 aromatic heterocycles. The number of pyridine rings is 1. The van der Waals surface area contributed by atoms with E-state index in [1.807, 2.05) is 0 Å². The normalized spacial score (nSPS) is 24.9. The molecule has 1 aliphatic rings. The van der Waals surface area contributed by atoms with Crippen molar-refractivity contribution in [2.24, 2.45) is 5.92 Å². The summed E-state index contributed by atoms with van der Waals surface area (Å²) in [6.45, 7) is 0. The lowest BCUT2D eigenvalue weighted by Crippen LogP contribution is -2.34. The summed E-state index contributed by atoms with van der Waals surface area (Å²) in [6.07, 6.45) is -2.44. The van der Waals surface area contributed by atoms with Crippen LogP contribution in [0.3, 0.4) is 0 Å². The molecule has 0 saturated heterocycles. The lowest BCUT2D eigenvalue weighted by molar-refractivity contribution is -0.182. The summed E-state index contributed by atoms with van der Waals surface area (Å²) < 4.78 is 38.0. The molecule has 0 aromatic carbocycles. The van der Waals surface area contributed by atoms with E-state index in [0.717, 1.165) is 6.42 Å². The summed E-state index contributed by atoms with van der Waals surface area (Å²) >= 11 is 5.73. The summed E-state index contributed by atoms with van der Waals surface area (Å²) in [5.41, 5.74) is 0. The fraction of sp³-hybridized carbons (Fsp3) is 0.583. The molecule has 0 spiro atoms. The number of alkyl halides is 3. The summed E-state index contributed by atoms with van der Waals surface area (Å²) in [7, 11) is 0. The maximum Gasteiger partial charge on any atom is 0.391 e. The monoisotopic (exact) mass is 278 g/mol. The summed E-state index contributed by atoms with van der Waals surface area (Å²) in [4.78, 5) is 4.03. The predicted molar refractivity (Wildman–Crippen MR) is 64.7 cm³/mol. The number of aromatic nitrogens is 1. The smallest absolute Gasteiger partial charge is 0.367 e. The second-order valence-corrected chi connectivity index (χ2v) is 4.98. The minimum Gasteiger partial charge on any atom is -0.367 e. The van der Waals surface area contributed by atoms with E-state index in [4.69, 9.17) is 11.6 Å². The minimum absolute atomic E-state index is 0.109. The average Bonchev–Trinajstić information content (AvgIpc) is 2.28. The van der Waals surface area contributed by atoms with Gasteiger partial charge in [0.15, 0.2) is 0 Å². The minimum atomic E-state index is -4.10. The highest BCUT2D eigenvalue weighted by Crippen LogP contribution is 2.38. The lowest BCUT2D eigenvalue weighted by atomic mass is 9.85. The third kappa shape index (κ3) is 3.51. The van der Waals surface area contributed by atoms with Crippen molar-refractivity contribution in [2.75, 3.05) is 5.32 Å². The van der Waals surface area contributed by atoms with Crippen LogP contribution >= 0.6 is 11.6 Å². The van der Waals surface area contributed by atoms with Crippen LogP contribution in [0.4, 0.5) is 19.0 Å². The van der Waals surface area contributed by atoms with Gasteiger partial charge in [-0.3, -0.25) is 0 Å².